The minimum Gasteiger partial charge on any atom is -0.480 e. The van der Waals surface area contributed by atoms with E-state index >= 15 is 0 Å². The highest BCUT2D eigenvalue weighted by Crippen LogP contribution is 2.24. The Kier molecular flexibility index (Phi) is 4.74. The Morgan fingerprint density at radius 2 is 2.04 bits per heavy atom. The van der Waals surface area contributed by atoms with Crippen LogP contribution in [0.15, 0.2) is 36.7 Å². The summed E-state index contributed by atoms with van der Waals surface area (Å²) in [5.74, 6) is -1.01. The Balaban J connectivity index is 1.87. The van der Waals surface area contributed by atoms with Gasteiger partial charge in [0.1, 0.15) is 6.04 Å². The van der Waals surface area contributed by atoms with Crippen molar-refractivity contribution in [1.82, 2.24) is 19.8 Å². The van der Waals surface area contributed by atoms with Crippen LogP contribution in [0.1, 0.15) is 30.8 Å². The van der Waals surface area contributed by atoms with Crippen molar-refractivity contribution in [3.05, 3.63) is 53.6 Å². The van der Waals surface area contributed by atoms with E-state index in [-0.39, 0.29) is 25.0 Å². The molecule has 2 amide bonds. The summed E-state index contributed by atoms with van der Waals surface area (Å²) < 4.78 is 1.98. The molecule has 1 unspecified atom stereocenters. The van der Waals surface area contributed by atoms with Crippen LogP contribution in [-0.4, -0.2) is 43.6 Å². The molecule has 2 N–H and O–H groups in total. The maximum Gasteiger partial charge on any atom is 0.326 e. The topological polar surface area (TPSA) is 87.5 Å². The largest absolute Gasteiger partial charge is 0.480 e. The number of nitrogens with zero attached hydrogens (tertiary/aromatic N) is 3. The fourth-order valence-corrected chi connectivity index (χ4v) is 3.05. The van der Waals surface area contributed by atoms with Crippen molar-refractivity contribution in [3.63, 3.8) is 0 Å². The van der Waals surface area contributed by atoms with E-state index in [4.69, 9.17) is 0 Å². The zero-order valence-electron chi connectivity index (χ0n) is 14.3. The lowest BCUT2D eigenvalue weighted by Gasteiger charge is -2.33. The first-order chi connectivity index (χ1) is 12.0. The van der Waals surface area contributed by atoms with Gasteiger partial charge in [0.25, 0.3) is 0 Å². The van der Waals surface area contributed by atoms with Gasteiger partial charge in [0.2, 0.25) is 0 Å². The van der Waals surface area contributed by atoms with Gasteiger partial charge < -0.3 is 19.9 Å². The number of aliphatic carboxylic acids is 1. The SMILES string of the molecule is CC(C)NC(=O)N1Cc2c(ncn2Cc2ccccc2)CC1C(=O)O. The number of imidazole rings is 1. The first-order valence-electron chi connectivity index (χ1n) is 8.32. The molecule has 0 bridgehead atoms. The van der Waals surface area contributed by atoms with Crippen LogP contribution in [0.4, 0.5) is 4.79 Å². The number of urea groups is 1. The van der Waals surface area contributed by atoms with Crippen LogP contribution in [0.2, 0.25) is 0 Å². The Morgan fingerprint density at radius 1 is 1.32 bits per heavy atom. The molecule has 1 aromatic heterocycles. The zero-order chi connectivity index (χ0) is 18.0. The van der Waals surface area contributed by atoms with E-state index in [2.05, 4.69) is 10.3 Å². The highest BCUT2D eigenvalue weighted by atomic mass is 16.4. The molecule has 3 rings (SSSR count). The Hall–Kier alpha value is -2.83. The van der Waals surface area contributed by atoms with Gasteiger partial charge >= 0.3 is 12.0 Å². The number of aromatic nitrogens is 2. The molecule has 25 heavy (non-hydrogen) atoms. The summed E-state index contributed by atoms with van der Waals surface area (Å²) in [6.45, 7) is 4.57. The van der Waals surface area contributed by atoms with Gasteiger partial charge in [-0.3, -0.25) is 0 Å². The minimum absolute atomic E-state index is 0.0578. The van der Waals surface area contributed by atoms with E-state index in [0.29, 0.717) is 6.54 Å². The minimum atomic E-state index is -1.01. The molecule has 2 aromatic rings. The molecule has 0 saturated heterocycles. The maximum absolute atomic E-state index is 12.4. The molecule has 1 aliphatic rings. The van der Waals surface area contributed by atoms with Gasteiger partial charge in [-0.25, -0.2) is 14.6 Å². The van der Waals surface area contributed by atoms with E-state index < -0.39 is 12.0 Å². The van der Waals surface area contributed by atoms with Crippen LogP contribution in [0.3, 0.4) is 0 Å². The molecular formula is C18H22N4O3. The Labute approximate surface area is 146 Å². The average Bonchev–Trinajstić information content (AvgIpc) is 2.96. The quantitative estimate of drug-likeness (QED) is 0.888. The van der Waals surface area contributed by atoms with Gasteiger partial charge in [0.15, 0.2) is 0 Å². The molecule has 1 aliphatic heterocycles. The fourth-order valence-electron chi connectivity index (χ4n) is 3.05. The van der Waals surface area contributed by atoms with Gasteiger partial charge in [-0.15, -0.1) is 0 Å². The normalized spacial score (nSPS) is 16.6. The Bertz CT molecular complexity index is 770. The molecule has 0 fully saturated rings. The van der Waals surface area contributed by atoms with Crippen molar-refractivity contribution < 1.29 is 14.7 Å². The number of hydrogen-bond donors (Lipinski definition) is 2. The summed E-state index contributed by atoms with van der Waals surface area (Å²) in [5.41, 5.74) is 2.76. The molecule has 0 spiro atoms. The Morgan fingerprint density at radius 3 is 2.68 bits per heavy atom. The standard InChI is InChI=1S/C18H22N4O3/c1-12(2)20-18(25)22-10-16-14(8-15(22)17(23)24)19-11-21(16)9-13-6-4-3-5-7-13/h3-7,11-12,15H,8-10H2,1-2H3,(H,20,25)(H,23,24). The van der Waals surface area contributed by atoms with E-state index in [1.54, 1.807) is 6.33 Å². The van der Waals surface area contributed by atoms with E-state index in [0.717, 1.165) is 17.0 Å². The van der Waals surface area contributed by atoms with Gasteiger partial charge in [-0.05, 0) is 19.4 Å². The lowest BCUT2D eigenvalue weighted by molar-refractivity contribution is -0.142. The monoisotopic (exact) mass is 342 g/mol. The first-order valence-corrected chi connectivity index (χ1v) is 8.32. The van der Waals surface area contributed by atoms with Gasteiger partial charge in [0, 0.05) is 19.0 Å². The van der Waals surface area contributed by atoms with Crippen LogP contribution >= 0.6 is 0 Å². The van der Waals surface area contributed by atoms with Gasteiger partial charge in [0.05, 0.1) is 24.3 Å². The summed E-state index contributed by atoms with van der Waals surface area (Å²) in [7, 11) is 0. The van der Waals surface area contributed by atoms with E-state index in [9.17, 15) is 14.7 Å². The zero-order valence-corrected chi connectivity index (χ0v) is 14.3. The second kappa shape index (κ2) is 6.96. The van der Waals surface area contributed by atoms with Crippen molar-refractivity contribution in [2.24, 2.45) is 0 Å². The summed E-state index contributed by atoms with van der Waals surface area (Å²) >= 11 is 0. The molecule has 0 aliphatic carbocycles. The number of carboxylic acids is 1. The average molecular weight is 342 g/mol. The van der Waals surface area contributed by atoms with Crippen LogP contribution < -0.4 is 5.32 Å². The lowest BCUT2D eigenvalue weighted by atomic mass is 10.0. The summed E-state index contributed by atoms with van der Waals surface area (Å²) in [5, 5.41) is 12.3. The van der Waals surface area contributed by atoms with E-state index in [1.807, 2.05) is 48.7 Å². The molecule has 7 heteroatoms. The molecule has 0 saturated carbocycles. The van der Waals surface area contributed by atoms with Crippen molar-refractivity contribution in [1.29, 1.82) is 0 Å². The fraction of sp³-hybridized carbons (Fsp3) is 0.389. The van der Waals surface area contributed by atoms with E-state index in [1.165, 1.54) is 4.90 Å². The van der Waals surface area contributed by atoms with Crippen molar-refractivity contribution >= 4 is 12.0 Å². The highest BCUT2D eigenvalue weighted by Gasteiger charge is 2.37. The van der Waals surface area contributed by atoms with Crippen molar-refractivity contribution in [2.75, 3.05) is 0 Å². The smallest absolute Gasteiger partial charge is 0.326 e. The van der Waals surface area contributed by atoms with Crippen LogP contribution in [0, 0.1) is 0 Å². The van der Waals surface area contributed by atoms with Crippen molar-refractivity contribution in [2.45, 2.75) is 45.4 Å². The lowest BCUT2D eigenvalue weighted by Crippen LogP contribution is -2.53. The number of nitrogens with one attached hydrogen (secondary N) is 1. The number of carboxylic acid groups (broad SMARTS) is 1. The third kappa shape index (κ3) is 3.65. The third-order valence-corrected chi connectivity index (χ3v) is 4.27. The number of hydrogen-bond acceptors (Lipinski definition) is 3. The molecular weight excluding hydrogens is 320 g/mol. The highest BCUT2D eigenvalue weighted by molar-refractivity contribution is 5.83. The predicted molar refractivity (Wildman–Crippen MR) is 92.1 cm³/mol. The number of carbonyl (C=O) groups excluding carboxylic acids is 1. The summed E-state index contributed by atoms with van der Waals surface area (Å²) in [4.78, 5) is 29.8. The molecule has 7 nitrogen and oxygen atoms in total. The molecule has 0 radical (unpaired) electrons. The predicted octanol–water partition coefficient (Wildman–Crippen LogP) is 1.86. The second-order valence-electron chi connectivity index (χ2n) is 6.54. The number of carbonyl (C=O) groups is 2. The summed E-state index contributed by atoms with van der Waals surface area (Å²) in [6.07, 6.45) is 1.94. The van der Waals surface area contributed by atoms with Crippen LogP contribution in [0.25, 0.3) is 0 Å². The number of fused-ring (bicyclic) bond motifs is 1. The van der Waals surface area contributed by atoms with Crippen LogP contribution in [0.5, 0.6) is 0 Å². The number of rotatable bonds is 4. The third-order valence-electron chi connectivity index (χ3n) is 4.27. The van der Waals surface area contributed by atoms with Gasteiger partial charge in [-0.1, -0.05) is 30.3 Å². The molecule has 1 atom stereocenters. The molecule has 2 heterocycles. The van der Waals surface area contributed by atoms with Crippen LogP contribution in [-0.2, 0) is 24.3 Å². The maximum atomic E-state index is 12.4. The number of benzene rings is 1. The molecule has 1 aromatic carbocycles. The first kappa shape index (κ1) is 17.0. The van der Waals surface area contributed by atoms with Crippen molar-refractivity contribution in [3.8, 4) is 0 Å². The van der Waals surface area contributed by atoms with Gasteiger partial charge in [-0.2, -0.15) is 0 Å². The second-order valence-corrected chi connectivity index (χ2v) is 6.54. The summed E-state index contributed by atoms with van der Waals surface area (Å²) in [6, 6.07) is 8.65. The number of amides is 2. The molecule has 132 valence electrons.